The quantitative estimate of drug-likeness (QED) is 0.585. The van der Waals surface area contributed by atoms with Gasteiger partial charge in [0.2, 0.25) is 15.2 Å². The number of morpholine rings is 1. The molecule has 0 aliphatic carbocycles. The number of phenolic OH excluding ortho intramolecular Hbond substituents is 1. The van der Waals surface area contributed by atoms with Crippen LogP contribution in [0.2, 0.25) is 0 Å². The second-order valence-electron chi connectivity index (χ2n) is 6.34. The molecule has 0 unspecified atom stereocenters. The normalized spacial score (nSPS) is 15.4. The first kappa shape index (κ1) is 19.8. The molecule has 0 spiro atoms. The predicted molar refractivity (Wildman–Crippen MR) is 106 cm³/mol. The van der Waals surface area contributed by atoms with Crippen LogP contribution in [0.15, 0.2) is 58.6 Å². The molecule has 1 fully saturated rings. The summed E-state index contributed by atoms with van der Waals surface area (Å²) in [5.74, 6) is 0.666. The fourth-order valence-electron chi connectivity index (χ4n) is 2.90. The summed E-state index contributed by atoms with van der Waals surface area (Å²) in [5, 5.41) is 21.7. The third kappa shape index (κ3) is 4.42. The number of sulfonamides is 1. The van der Waals surface area contributed by atoms with Crippen LogP contribution in [-0.2, 0) is 20.5 Å². The van der Waals surface area contributed by atoms with Gasteiger partial charge in [-0.25, -0.2) is 8.42 Å². The van der Waals surface area contributed by atoms with Gasteiger partial charge in [-0.15, -0.1) is 5.10 Å². The molecule has 0 atom stereocenters. The maximum Gasteiger partial charge on any atom is 0.243 e. The number of aromatic nitrogens is 4. The number of aromatic hydroxyl groups is 1. The van der Waals surface area contributed by atoms with Gasteiger partial charge in [-0.3, -0.25) is 0 Å². The van der Waals surface area contributed by atoms with E-state index in [1.54, 1.807) is 47.1 Å². The predicted octanol–water partition coefficient (Wildman–Crippen LogP) is 1.68. The van der Waals surface area contributed by atoms with Crippen molar-refractivity contribution in [3.8, 4) is 11.4 Å². The molecule has 0 bridgehead atoms. The molecule has 1 N–H and O–H groups in total. The average Bonchev–Trinajstić information content (AvgIpc) is 3.22. The van der Waals surface area contributed by atoms with Gasteiger partial charge in [0.15, 0.2) is 0 Å². The number of benzene rings is 2. The minimum absolute atomic E-state index is 0.161. The lowest BCUT2D eigenvalue weighted by atomic mass is 10.2. The van der Waals surface area contributed by atoms with Gasteiger partial charge in [0.05, 0.1) is 23.8 Å². The molecule has 9 nitrogen and oxygen atoms in total. The molecule has 1 aliphatic heterocycles. The Kier molecular flexibility index (Phi) is 5.81. The SMILES string of the molecule is O=S(=O)(c1cccc(CSc2nnnn2-c2ccc(O)cc2)c1)N1CCOCC1. The smallest absolute Gasteiger partial charge is 0.243 e. The van der Waals surface area contributed by atoms with Gasteiger partial charge in [0.25, 0.3) is 0 Å². The summed E-state index contributed by atoms with van der Waals surface area (Å²) >= 11 is 1.40. The Morgan fingerprint density at radius 1 is 1.10 bits per heavy atom. The van der Waals surface area contributed by atoms with Crippen molar-refractivity contribution in [3.63, 3.8) is 0 Å². The van der Waals surface area contributed by atoms with E-state index in [1.165, 1.54) is 16.1 Å². The molecule has 3 aromatic rings. The zero-order valence-electron chi connectivity index (χ0n) is 15.4. The molecule has 2 aromatic carbocycles. The Hall–Kier alpha value is -2.47. The standard InChI is InChI=1S/C18H19N5O4S2/c24-16-6-4-15(5-7-16)23-18(19-20-21-23)28-13-14-2-1-3-17(12-14)29(25,26)22-8-10-27-11-9-22/h1-7,12,24H,8-11,13H2. The molecule has 2 heterocycles. The molecule has 1 saturated heterocycles. The minimum Gasteiger partial charge on any atom is -0.508 e. The second-order valence-corrected chi connectivity index (χ2v) is 9.22. The number of hydrogen-bond acceptors (Lipinski definition) is 8. The number of nitrogens with zero attached hydrogens (tertiary/aromatic N) is 5. The van der Waals surface area contributed by atoms with Crippen molar-refractivity contribution in [2.24, 2.45) is 0 Å². The zero-order valence-corrected chi connectivity index (χ0v) is 17.0. The van der Waals surface area contributed by atoms with E-state index in [9.17, 15) is 13.5 Å². The number of phenols is 1. The van der Waals surface area contributed by atoms with E-state index in [0.717, 1.165) is 11.3 Å². The van der Waals surface area contributed by atoms with E-state index in [1.807, 2.05) is 6.07 Å². The van der Waals surface area contributed by atoms with Crippen LogP contribution in [0, 0.1) is 0 Å². The van der Waals surface area contributed by atoms with Crippen LogP contribution >= 0.6 is 11.8 Å². The number of ether oxygens (including phenoxy) is 1. The van der Waals surface area contributed by atoms with Crippen molar-refractivity contribution in [2.75, 3.05) is 26.3 Å². The van der Waals surface area contributed by atoms with Gasteiger partial charge < -0.3 is 9.84 Å². The Morgan fingerprint density at radius 2 is 1.86 bits per heavy atom. The van der Waals surface area contributed by atoms with E-state index in [4.69, 9.17) is 4.74 Å². The highest BCUT2D eigenvalue weighted by atomic mass is 32.2. The van der Waals surface area contributed by atoms with Crippen LogP contribution in [0.4, 0.5) is 0 Å². The number of thioether (sulfide) groups is 1. The van der Waals surface area contributed by atoms with Gasteiger partial charge in [0.1, 0.15) is 5.75 Å². The van der Waals surface area contributed by atoms with Crippen molar-refractivity contribution in [1.29, 1.82) is 0 Å². The third-order valence-electron chi connectivity index (χ3n) is 4.41. The molecule has 0 radical (unpaired) electrons. The van der Waals surface area contributed by atoms with Crippen LogP contribution in [0.3, 0.4) is 0 Å². The Labute approximate surface area is 172 Å². The molecule has 1 aromatic heterocycles. The Balaban J connectivity index is 1.50. The van der Waals surface area contributed by atoms with E-state index in [2.05, 4.69) is 15.5 Å². The average molecular weight is 434 g/mol. The van der Waals surface area contributed by atoms with Crippen LogP contribution in [0.5, 0.6) is 5.75 Å². The van der Waals surface area contributed by atoms with Crippen molar-refractivity contribution in [2.45, 2.75) is 15.8 Å². The molecule has 4 rings (SSSR count). The van der Waals surface area contributed by atoms with Crippen LogP contribution in [0.25, 0.3) is 5.69 Å². The number of rotatable bonds is 6. The summed E-state index contributed by atoms with van der Waals surface area (Å²) in [6, 6.07) is 13.5. The first-order valence-electron chi connectivity index (χ1n) is 8.91. The zero-order chi connectivity index (χ0) is 20.3. The van der Waals surface area contributed by atoms with Crippen molar-refractivity contribution >= 4 is 21.8 Å². The monoisotopic (exact) mass is 433 g/mol. The maximum atomic E-state index is 12.8. The van der Waals surface area contributed by atoms with Gasteiger partial charge in [-0.1, -0.05) is 23.9 Å². The van der Waals surface area contributed by atoms with Crippen LogP contribution < -0.4 is 0 Å². The lowest BCUT2D eigenvalue weighted by Gasteiger charge is -2.26. The van der Waals surface area contributed by atoms with Crippen LogP contribution in [0.1, 0.15) is 5.56 Å². The van der Waals surface area contributed by atoms with Crippen LogP contribution in [-0.4, -0.2) is 64.3 Å². The summed E-state index contributed by atoms with van der Waals surface area (Å²) in [6.07, 6.45) is 0. The van der Waals surface area contributed by atoms with E-state index in [-0.39, 0.29) is 10.6 Å². The minimum atomic E-state index is -3.54. The fraction of sp³-hybridized carbons (Fsp3) is 0.278. The van der Waals surface area contributed by atoms with Crippen molar-refractivity contribution in [1.82, 2.24) is 24.5 Å². The van der Waals surface area contributed by atoms with Crippen molar-refractivity contribution in [3.05, 3.63) is 54.1 Å². The van der Waals surface area contributed by atoms with E-state index >= 15 is 0 Å². The maximum absolute atomic E-state index is 12.8. The molecular weight excluding hydrogens is 414 g/mol. The lowest BCUT2D eigenvalue weighted by Crippen LogP contribution is -2.40. The molecule has 29 heavy (non-hydrogen) atoms. The number of tetrazole rings is 1. The second kappa shape index (κ2) is 8.49. The highest BCUT2D eigenvalue weighted by Crippen LogP contribution is 2.25. The molecular formula is C18H19N5O4S2. The third-order valence-corrected chi connectivity index (χ3v) is 7.29. The van der Waals surface area contributed by atoms with Gasteiger partial charge >= 0.3 is 0 Å². The van der Waals surface area contributed by atoms with Gasteiger partial charge in [-0.05, 0) is 52.4 Å². The highest BCUT2D eigenvalue weighted by molar-refractivity contribution is 7.98. The number of hydrogen-bond donors (Lipinski definition) is 1. The molecule has 1 aliphatic rings. The molecule has 0 amide bonds. The highest BCUT2D eigenvalue weighted by Gasteiger charge is 2.26. The first-order valence-corrected chi connectivity index (χ1v) is 11.3. The molecule has 152 valence electrons. The summed E-state index contributed by atoms with van der Waals surface area (Å²) in [7, 11) is -3.54. The first-order chi connectivity index (χ1) is 14.0. The molecule has 0 saturated carbocycles. The largest absolute Gasteiger partial charge is 0.508 e. The molecule has 11 heteroatoms. The van der Waals surface area contributed by atoms with Crippen molar-refractivity contribution < 1.29 is 18.3 Å². The summed E-state index contributed by atoms with van der Waals surface area (Å²) in [5.41, 5.74) is 1.57. The summed E-state index contributed by atoms with van der Waals surface area (Å²) < 4.78 is 34.0. The van der Waals surface area contributed by atoms with Gasteiger partial charge in [-0.2, -0.15) is 8.99 Å². The Morgan fingerprint density at radius 3 is 2.62 bits per heavy atom. The van der Waals surface area contributed by atoms with Gasteiger partial charge in [0, 0.05) is 18.8 Å². The lowest BCUT2D eigenvalue weighted by molar-refractivity contribution is 0.0730. The Bertz CT molecular complexity index is 1080. The topological polar surface area (TPSA) is 110 Å². The van der Waals surface area contributed by atoms with E-state index < -0.39 is 10.0 Å². The van der Waals surface area contributed by atoms with E-state index in [0.29, 0.717) is 37.2 Å². The summed E-state index contributed by atoms with van der Waals surface area (Å²) in [4.78, 5) is 0.274. The fourth-order valence-corrected chi connectivity index (χ4v) is 5.22. The summed E-state index contributed by atoms with van der Waals surface area (Å²) in [6.45, 7) is 1.55.